The molecule has 0 amide bonds. The molecule has 86 valence electrons. The van der Waals surface area contributed by atoms with E-state index >= 15 is 0 Å². The van der Waals surface area contributed by atoms with Crippen LogP contribution in [0.2, 0.25) is 5.28 Å². The Hall–Kier alpha value is -2.94. The summed E-state index contributed by atoms with van der Waals surface area (Å²) in [6, 6.07) is 3.79. The van der Waals surface area contributed by atoms with Crippen LogP contribution in [0.5, 0.6) is 0 Å². The summed E-state index contributed by atoms with van der Waals surface area (Å²) < 4.78 is 0. The van der Waals surface area contributed by atoms with Gasteiger partial charge in [0, 0.05) is 0 Å². The lowest BCUT2D eigenvalue weighted by atomic mass is 10.2. The molecule has 0 aliphatic carbocycles. The molecular formula is C9H3ClN8. The highest BCUT2D eigenvalue weighted by molar-refractivity contribution is 6.28. The zero-order valence-electron chi connectivity index (χ0n) is 8.69. The Morgan fingerprint density at radius 3 is 1.89 bits per heavy atom. The lowest BCUT2D eigenvalue weighted by molar-refractivity contribution is 0.752. The molecule has 18 heavy (non-hydrogen) atoms. The molecule has 1 heterocycles. The third-order valence-corrected chi connectivity index (χ3v) is 1.99. The lowest BCUT2D eigenvalue weighted by Gasteiger charge is -2.22. The van der Waals surface area contributed by atoms with Gasteiger partial charge in [0.1, 0.15) is 30.6 Å². The van der Waals surface area contributed by atoms with Crippen molar-refractivity contribution in [3.05, 3.63) is 11.6 Å². The van der Waals surface area contributed by atoms with Crippen LogP contribution < -0.4 is 4.90 Å². The first kappa shape index (κ1) is 13.1. The number of nitriles is 4. The number of rotatable bonds is 3. The van der Waals surface area contributed by atoms with Gasteiger partial charge in [0.05, 0.1) is 0 Å². The predicted octanol–water partition coefficient (Wildman–Crippen LogP) is 0.163. The van der Waals surface area contributed by atoms with E-state index in [0.29, 0.717) is 0 Å². The van der Waals surface area contributed by atoms with Crippen molar-refractivity contribution < 1.29 is 0 Å². The molecule has 0 aliphatic heterocycles. The van der Waals surface area contributed by atoms with E-state index in [9.17, 15) is 0 Å². The predicted molar refractivity (Wildman–Crippen MR) is 57.3 cm³/mol. The largest absolute Gasteiger partial charge is 0.284 e. The molecule has 0 N–H and O–H groups in total. The fourth-order valence-corrected chi connectivity index (χ4v) is 1.20. The number of anilines is 1. The van der Waals surface area contributed by atoms with Crippen molar-refractivity contribution in [2.24, 2.45) is 0 Å². The van der Waals surface area contributed by atoms with Crippen molar-refractivity contribution in [2.45, 2.75) is 12.1 Å². The van der Waals surface area contributed by atoms with Crippen LogP contribution in [0.1, 0.15) is 0 Å². The van der Waals surface area contributed by atoms with Crippen LogP contribution in [0.3, 0.4) is 0 Å². The molecule has 0 radical (unpaired) electrons. The van der Waals surface area contributed by atoms with E-state index < -0.39 is 12.1 Å². The van der Waals surface area contributed by atoms with E-state index in [1.807, 2.05) is 0 Å². The van der Waals surface area contributed by atoms with Crippen LogP contribution in [0.25, 0.3) is 0 Å². The van der Waals surface area contributed by atoms with E-state index in [1.165, 1.54) is 0 Å². The van der Waals surface area contributed by atoms with Gasteiger partial charge in [0.25, 0.3) is 0 Å². The first-order valence-corrected chi connectivity index (χ1v) is 4.77. The van der Waals surface area contributed by atoms with Crippen LogP contribution in [0.15, 0.2) is 6.33 Å². The fraction of sp³-hybridized carbons (Fsp3) is 0.222. The normalized spacial score (nSPS) is 9.06. The Bertz CT molecular complexity index is 541. The van der Waals surface area contributed by atoms with E-state index in [0.717, 1.165) is 11.2 Å². The summed E-state index contributed by atoms with van der Waals surface area (Å²) in [4.78, 5) is 11.8. The van der Waals surface area contributed by atoms with E-state index in [4.69, 9.17) is 32.6 Å². The maximum atomic E-state index is 8.83. The molecule has 0 bridgehead atoms. The van der Waals surface area contributed by atoms with E-state index in [1.54, 1.807) is 24.3 Å². The first-order valence-electron chi connectivity index (χ1n) is 4.39. The smallest absolute Gasteiger partial charge is 0.233 e. The van der Waals surface area contributed by atoms with E-state index in [-0.39, 0.29) is 11.2 Å². The van der Waals surface area contributed by atoms with Crippen LogP contribution in [-0.4, -0.2) is 27.0 Å². The second kappa shape index (κ2) is 5.96. The standard InChI is InChI=1S/C9H3ClN8/c10-8-15-5-16-9(17-8)18(6(1-11)2-12)7(3-13)4-14/h5-7H. The van der Waals surface area contributed by atoms with Gasteiger partial charge in [0.2, 0.25) is 23.3 Å². The molecule has 0 saturated heterocycles. The van der Waals surface area contributed by atoms with Gasteiger partial charge >= 0.3 is 0 Å². The lowest BCUT2D eigenvalue weighted by Crippen LogP contribution is -2.42. The zero-order valence-corrected chi connectivity index (χ0v) is 9.44. The van der Waals surface area contributed by atoms with Gasteiger partial charge in [-0.05, 0) is 11.6 Å². The van der Waals surface area contributed by atoms with Crippen LogP contribution in [0, 0.1) is 45.3 Å². The average molecular weight is 259 g/mol. The molecule has 9 heteroatoms. The Kier molecular flexibility index (Phi) is 4.35. The molecule has 1 aromatic rings. The number of nitrogens with zero attached hydrogens (tertiary/aromatic N) is 8. The third-order valence-electron chi connectivity index (χ3n) is 1.81. The Balaban J connectivity index is 3.32. The van der Waals surface area contributed by atoms with Gasteiger partial charge in [-0.1, -0.05) is 0 Å². The van der Waals surface area contributed by atoms with Crippen molar-refractivity contribution in [2.75, 3.05) is 4.90 Å². The summed E-state index contributed by atoms with van der Waals surface area (Å²) in [5.41, 5.74) is 0. The third kappa shape index (κ3) is 2.59. The maximum absolute atomic E-state index is 8.83. The van der Waals surface area contributed by atoms with E-state index in [2.05, 4.69) is 15.0 Å². The summed E-state index contributed by atoms with van der Waals surface area (Å²) in [6.07, 6.45) is 1.05. The number of hydrogen-bond acceptors (Lipinski definition) is 8. The van der Waals surface area contributed by atoms with Crippen molar-refractivity contribution in [1.29, 1.82) is 21.0 Å². The van der Waals surface area contributed by atoms with Gasteiger partial charge in [-0.15, -0.1) is 0 Å². The molecule has 0 fully saturated rings. The van der Waals surface area contributed by atoms with Crippen molar-refractivity contribution in [3.63, 3.8) is 0 Å². The van der Waals surface area contributed by atoms with Crippen molar-refractivity contribution in [1.82, 2.24) is 15.0 Å². The summed E-state index contributed by atoms with van der Waals surface area (Å²) in [5, 5.41) is 35.1. The van der Waals surface area contributed by atoms with Gasteiger partial charge < -0.3 is 0 Å². The monoisotopic (exact) mass is 258 g/mol. The molecule has 0 atom stereocenters. The second-order valence-electron chi connectivity index (χ2n) is 2.78. The van der Waals surface area contributed by atoms with Gasteiger partial charge in [0.15, 0.2) is 0 Å². The highest BCUT2D eigenvalue weighted by Crippen LogP contribution is 2.15. The quantitative estimate of drug-likeness (QED) is 0.747. The van der Waals surface area contributed by atoms with Gasteiger partial charge in [-0.2, -0.15) is 26.0 Å². The summed E-state index contributed by atoms with van der Waals surface area (Å²) in [7, 11) is 0. The number of halogens is 1. The minimum atomic E-state index is -1.38. The highest BCUT2D eigenvalue weighted by Gasteiger charge is 2.29. The Morgan fingerprint density at radius 1 is 1.00 bits per heavy atom. The Morgan fingerprint density at radius 2 is 1.50 bits per heavy atom. The molecule has 0 aromatic carbocycles. The SMILES string of the molecule is N#CC(C#N)N(c1ncnc(Cl)n1)C(C#N)C#N. The second-order valence-corrected chi connectivity index (χ2v) is 3.12. The summed E-state index contributed by atoms with van der Waals surface area (Å²) >= 11 is 5.55. The molecule has 1 rings (SSSR count). The summed E-state index contributed by atoms with van der Waals surface area (Å²) in [6.45, 7) is 0. The molecule has 0 spiro atoms. The highest BCUT2D eigenvalue weighted by atomic mass is 35.5. The average Bonchev–Trinajstić information content (AvgIpc) is 2.39. The maximum Gasteiger partial charge on any atom is 0.233 e. The molecule has 1 aromatic heterocycles. The first-order chi connectivity index (χ1) is 8.67. The van der Waals surface area contributed by atoms with Crippen molar-refractivity contribution >= 4 is 17.5 Å². The molecular weight excluding hydrogens is 256 g/mol. The minimum absolute atomic E-state index is 0.172. The molecule has 8 nitrogen and oxygen atoms in total. The van der Waals surface area contributed by atoms with Crippen molar-refractivity contribution in [3.8, 4) is 24.3 Å². The summed E-state index contributed by atoms with van der Waals surface area (Å²) in [5.74, 6) is -0.184. The Labute approximate surface area is 107 Å². The number of hydrogen-bond donors (Lipinski definition) is 0. The van der Waals surface area contributed by atoms with Crippen LogP contribution in [-0.2, 0) is 0 Å². The van der Waals surface area contributed by atoms with Crippen LogP contribution in [0.4, 0.5) is 5.95 Å². The molecule has 0 saturated carbocycles. The topological polar surface area (TPSA) is 137 Å². The van der Waals surface area contributed by atoms with Crippen LogP contribution >= 0.6 is 11.6 Å². The minimum Gasteiger partial charge on any atom is -0.284 e. The molecule has 0 aliphatic rings. The van der Waals surface area contributed by atoms with Gasteiger partial charge in [-0.25, -0.2) is 9.97 Å². The van der Waals surface area contributed by atoms with Gasteiger partial charge in [-0.3, -0.25) is 4.90 Å². The number of aromatic nitrogens is 3. The zero-order chi connectivity index (χ0) is 13.5. The fourth-order valence-electron chi connectivity index (χ4n) is 1.08. The molecule has 0 unspecified atom stereocenters.